The number of nitrogens with zero attached hydrogens (tertiary/aromatic N) is 3. The summed E-state index contributed by atoms with van der Waals surface area (Å²) in [5.41, 5.74) is 6.60. The minimum atomic E-state index is -0.282. The van der Waals surface area contributed by atoms with Crippen molar-refractivity contribution in [1.29, 1.82) is 0 Å². The van der Waals surface area contributed by atoms with Gasteiger partial charge in [0, 0.05) is 36.5 Å². The zero-order valence-electron chi connectivity index (χ0n) is 15.9. The van der Waals surface area contributed by atoms with Crippen LogP contribution >= 0.6 is 0 Å². The number of carbonyl (C=O) groups excluding carboxylic acids is 1. The van der Waals surface area contributed by atoms with Gasteiger partial charge in [-0.2, -0.15) is 10.1 Å². The fourth-order valence-electron chi connectivity index (χ4n) is 4.67. The number of allylic oxidation sites excluding steroid dienone is 2. The Labute approximate surface area is 164 Å². The van der Waals surface area contributed by atoms with Gasteiger partial charge in [0.1, 0.15) is 0 Å². The van der Waals surface area contributed by atoms with Crippen LogP contribution in [0.25, 0.3) is 0 Å². The van der Waals surface area contributed by atoms with E-state index in [1.165, 1.54) is 36.1 Å². The maximum absolute atomic E-state index is 12.6. The van der Waals surface area contributed by atoms with Gasteiger partial charge in [-0.05, 0) is 55.4 Å². The molecule has 6 heteroatoms. The molecule has 2 aromatic rings. The van der Waals surface area contributed by atoms with E-state index in [1.54, 1.807) is 6.20 Å². The molecule has 1 unspecified atom stereocenters. The predicted molar refractivity (Wildman–Crippen MR) is 110 cm³/mol. The van der Waals surface area contributed by atoms with Gasteiger partial charge in [0.05, 0.1) is 18.0 Å². The minimum Gasteiger partial charge on any atom is -0.371 e. The summed E-state index contributed by atoms with van der Waals surface area (Å²) in [6, 6.07) is 6.27. The number of hydrogen-bond acceptors (Lipinski definition) is 3. The van der Waals surface area contributed by atoms with Crippen molar-refractivity contribution in [1.82, 2.24) is 15.5 Å². The van der Waals surface area contributed by atoms with Crippen molar-refractivity contribution in [2.45, 2.75) is 44.6 Å². The Morgan fingerprint density at radius 1 is 1.25 bits per heavy atom. The quantitative estimate of drug-likeness (QED) is 0.841. The van der Waals surface area contributed by atoms with Crippen LogP contribution < -0.4 is 10.2 Å². The second-order valence-corrected chi connectivity index (χ2v) is 7.80. The molecule has 2 aliphatic carbocycles. The molecule has 2 heterocycles. The summed E-state index contributed by atoms with van der Waals surface area (Å²) in [7, 11) is 0. The summed E-state index contributed by atoms with van der Waals surface area (Å²) in [5, 5.41) is 10.2. The number of aromatic amines is 1. The van der Waals surface area contributed by atoms with Crippen LogP contribution in [-0.2, 0) is 12.8 Å². The van der Waals surface area contributed by atoms with Crippen molar-refractivity contribution >= 4 is 17.4 Å². The van der Waals surface area contributed by atoms with E-state index in [2.05, 4.69) is 43.6 Å². The van der Waals surface area contributed by atoms with Crippen LogP contribution in [0.5, 0.6) is 0 Å². The van der Waals surface area contributed by atoms with Gasteiger partial charge in [-0.15, -0.1) is 0 Å². The van der Waals surface area contributed by atoms with E-state index >= 15 is 0 Å². The third kappa shape index (κ3) is 3.13. The highest BCUT2D eigenvalue weighted by atomic mass is 16.2. The molecule has 6 nitrogen and oxygen atoms in total. The van der Waals surface area contributed by atoms with Gasteiger partial charge >= 0.3 is 6.03 Å². The van der Waals surface area contributed by atoms with E-state index < -0.39 is 0 Å². The summed E-state index contributed by atoms with van der Waals surface area (Å²) < 4.78 is 0. The second kappa shape index (κ2) is 7.26. The van der Waals surface area contributed by atoms with E-state index in [-0.39, 0.29) is 12.1 Å². The zero-order valence-corrected chi connectivity index (χ0v) is 15.9. The molecule has 28 heavy (non-hydrogen) atoms. The second-order valence-electron chi connectivity index (χ2n) is 7.80. The first-order valence-corrected chi connectivity index (χ1v) is 10.2. The topological polar surface area (TPSA) is 73.4 Å². The van der Waals surface area contributed by atoms with Crippen molar-refractivity contribution in [2.75, 3.05) is 18.0 Å². The normalized spacial score (nSPS) is 22.2. The van der Waals surface area contributed by atoms with Crippen molar-refractivity contribution in [3.63, 3.8) is 0 Å². The number of carbonyl (C=O) groups is 1. The lowest BCUT2D eigenvalue weighted by molar-refractivity contribution is 0.245. The Morgan fingerprint density at radius 3 is 3.04 bits per heavy atom. The highest BCUT2D eigenvalue weighted by molar-refractivity contribution is 6.14. The Balaban J connectivity index is 1.34. The lowest BCUT2D eigenvalue weighted by atomic mass is 10.0. The van der Waals surface area contributed by atoms with Gasteiger partial charge in [-0.3, -0.25) is 5.10 Å². The third-order valence-electron chi connectivity index (χ3n) is 6.05. The number of benzene rings is 1. The standard InChI is InChI=1S/C22H25N5O/c28-22(24-18-7-5-8-20-17(18)14-23-26-20)25-19-11-10-16-15(19)6-4-9-21(16)27-12-2-1-3-13-27/h4-7,9,14,19H,1-3,8,10-13H2,(H,23,26)(H,25,28). The first-order valence-electron chi connectivity index (χ1n) is 10.2. The van der Waals surface area contributed by atoms with Crippen molar-refractivity contribution in [3.8, 4) is 0 Å². The minimum absolute atomic E-state index is 0.0352. The lowest BCUT2D eigenvalue weighted by Gasteiger charge is -2.30. The number of urea groups is 1. The number of rotatable bonds is 2. The van der Waals surface area contributed by atoms with Crippen molar-refractivity contribution in [3.05, 3.63) is 58.9 Å². The van der Waals surface area contributed by atoms with Gasteiger partial charge in [0.25, 0.3) is 0 Å². The fraction of sp³-hybridized carbons (Fsp3) is 0.409. The first kappa shape index (κ1) is 17.2. The number of nitrogens with one attached hydrogen (secondary N) is 2. The molecule has 1 aliphatic heterocycles. The van der Waals surface area contributed by atoms with Gasteiger partial charge in [0.15, 0.2) is 0 Å². The monoisotopic (exact) mass is 375 g/mol. The molecule has 1 saturated heterocycles. The molecule has 0 radical (unpaired) electrons. The fourth-order valence-corrected chi connectivity index (χ4v) is 4.67. The Bertz CT molecular complexity index is 952. The molecule has 5 rings (SSSR count). The van der Waals surface area contributed by atoms with Crippen LogP contribution in [0.3, 0.4) is 0 Å². The molecule has 0 saturated carbocycles. The number of aromatic nitrogens is 2. The average molecular weight is 375 g/mol. The molecule has 2 N–H and O–H groups in total. The molecular weight excluding hydrogens is 350 g/mol. The van der Waals surface area contributed by atoms with E-state index in [0.29, 0.717) is 5.71 Å². The largest absolute Gasteiger partial charge is 0.371 e. The number of aliphatic imine (C=N–C) groups is 1. The van der Waals surface area contributed by atoms with Crippen LogP contribution in [0.4, 0.5) is 10.5 Å². The summed E-state index contributed by atoms with van der Waals surface area (Å²) in [5.74, 6) is 0. The van der Waals surface area contributed by atoms with Crippen LogP contribution in [0.15, 0.2) is 41.5 Å². The maximum atomic E-state index is 12.6. The summed E-state index contributed by atoms with van der Waals surface area (Å²) in [6.45, 7) is 2.28. The molecule has 1 atom stereocenters. The number of amides is 2. The third-order valence-corrected chi connectivity index (χ3v) is 6.05. The summed E-state index contributed by atoms with van der Waals surface area (Å²) in [6.07, 6.45) is 12.2. The van der Waals surface area contributed by atoms with E-state index in [0.717, 1.165) is 43.6 Å². The van der Waals surface area contributed by atoms with E-state index in [9.17, 15) is 4.79 Å². The van der Waals surface area contributed by atoms with Crippen LogP contribution in [-0.4, -0.2) is 35.0 Å². The summed E-state index contributed by atoms with van der Waals surface area (Å²) >= 11 is 0. The number of fused-ring (bicyclic) bond motifs is 2. The number of hydrogen-bond donors (Lipinski definition) is 2. The molecule has 0 bridgehead atoms. The Kier molecular flexibility index (Phi) is 4.47. The average Bonchev–Trinajstić information content (AvgIpc) is 3.36. The molecule has 144 valence electrons. The molecule has 0 spiro atoms. The lowest BCUT2D eigenvalue weighted by Crippen LogP contribution is -2.30. The molecule has 2 amide bonds. The molecule has 1 aromatic carbocycles. The molecule has 1 aromatic heterocycles. The van der Waals surface area contributed by atoms with E-state index in [1.807, 2.05) is 12.2 Å². The smallest absolute Gasteiger partial charge is 0.341 e. The van der Waals surface area contributed by atoms with Crippen molar-refractivity contribution in [2.24, 2.45) is 4.99 Å². The number of piperidine rings is 1. The Morgan fingerprint density at radius 2 is 2.14 bits per heavy atom. The zero-order chi connectivity index (χ0) is 18.9. The van der Waals surface area contributed by atoms with Crippen molar-refractivity contribution < 1.29 is 4.79 Å². The summed E-state index contributed by atoms with van der Waals surface area (Å²) in [4.78, 5) is 19.4. The predicted octanol–water partition coefficient (Wildman–Crippen LogP) is 3.70. The van der Waals surface area contributed by atoms with Crippen LogP contribution in [0.2, 0.25) is 0 Å². The van der Waals surface area contributed by atoms with Gasteiger partial charge < -0.3 is 10.2 Å². The first-order chi connectivity index (χ1) is 13.8. The molecule has 1 fully saturated rings. The van der Waals surface area contributed by atoms with Crippen LogP contribution in [0.1, 0.15) is 54.1 Å². The maximum Gasteiger partial charge on any atom is 0.341 e. The number of H-pyrrole nitrogens is 1. The Hall–Kier alpha value is -2.89. The number of anilines is 1. The highest BCUT2D eigenvalue weighted by Gasteiger charge is 2.28. The van der Waals surface area contributed by atoms with Gasteiger partial charge in [-0.1, -0.05) is 18.2 Å². The molecular formula is C22H25N5O. The molecule has 3 aliphatic rings. The van der Waals surface area contributed by atoms with E-state index in [4.69, 9.17) is 0 Å². The van der Waals surface area contributed by atoms with Crippen LogP contribution in [0, 0.1) is 0 Å². The van der Waals surface area contributed by atoms with Gasteiger partial charge in [0.2, 0.25) is 0 Å². The SMILES string of the molecule is O=C(N=C1C=CCc2[nH]ncc21)NC1CCc2c1cccc2N1CCCCC1. The highest BCUT2D eigenvalue weighted by Crippen LogP contribution is 2.38. The van der Waals surface area contributed by atoms with Gasteiger partial charge in [-0.25, -0.2) is 4.79 Å².